The minimum Gasteiger partial charge on any atom is -0.494 e. The SMILES string of the molecule is COc1ccc(/C=N\n2c(-c3ccc(F)cc3)n[nH]c2=S)cc1F. The summed E-state index contributed by atoms with van der Waals surface area (Å²) in [5, 5.41) is 10.9. The van der Waals surface area contributed by atoms with Crippen molar-refractivity contribution in [3.63, 3.8) is 0 Å². The molecule has 0 aliphatic heterocycles. The average Bonchev–Trinajstić information content (AvgIpc) is 2.94. The van der Waals surface area contributed by atoms with Gasteiger partial charge in [0.05, 0.1) is 13.3 Å². The number of nitrogens with zero attached hydrogens (tertiary/aromatic N) is 3. The third-order valence-electron chi connectivity index (χ3n) is 3.25. The largest absolute Gasteiger partial charge is 0.494 e. The molecule has 1 heterocycles. The van der Waals surface area contributed by atoms with Crippen molar-refractivity contribution in [3.8, 4) is 17.1 Å². The summed E-state index contributed by atoms with van der Waals surface area (Å²) in [7, 11) is 1.39. The highest BCUT2D eigenvalue weighted by Crippen LogP contribution is 2.19. The van der Waals surface area contributed by atoms with Gasteiger partial charge in [0, 0.05) is 5.56 Å². The third kappa shape index (κ3) is 3.23. The second-order valence-electron chi connectivity index (χ2n) is 4.81. The highest BCUT2D eigenvalue weighted by Gasteiger charge is 2.08. The minimum atomic E-state index is -0.490. The van der Waals surface area contributed by atoms with Crippen molar-refractivity contribution < 1.29 is 13.5 Å². The molecule has 0 unspecified atom stereocenters. The summed E-state index contributed by atoms with van der Waals surface area (Å²) in [6, 6.07) is 10.2. The molecule has 2 aromatic carbocycles. The van der Waals surface area contributed by atoms with Crippen LogP contribution in [0.3, 0.4) is 0 Å². The Labute approximate surface area is 141 Å². The van der Waals surface area contributed by atoms with Crippen LogP contribution in [0.15, 0.2) is 47.6 Å². The van der Waals surface area contributed by atoms with Gasteiger partial charge in [0.2, 0.25) is 4.77 Å². The molecule has 0 spiro atoms. The molecule has 8 heteroatoms. The van der Waals surface area contributed by atoms with Gasteiger partial charge < -0.3 is 4.74 Å². The van der Waals surface area contributed by atoms with Gasteiger partial charge in [-0.3, -0.25) is 0 Å². The maximum absolute atomic E-state index is 13.7. The molecule has 0 aliphatic rings. The smallest absolute Gasteiger partial charge is 0.216 e. The zero-order valence-electron chi connectivity index (χ0n) is 12.5. The molecule has 1 N–H and O–H groups in total. The summed E-state index contributed by atoms with van der Waals surface area (Å²) < 4.78 is 33.3. The number of aromatic nitrogens is 3. The summed E-state index contributed by atoms with van der Waals surface area (Å²) in [4.78, 5) is 0. The van der Waals surface area contributed by atoms with Crippen LogP contribution in [0.4, 0.5) is 8.78 Å². The van der Waals surface area contributed by atoms with Crippen LogP contribution < -0.4 is 4.74 Å². The lowest BCUT2D eigenvalue weighted by Crippen LogP contribution is -1.96. The number of rotatable bonds is 4. The molecule has 0 amide bonds. The fraction of sp³-hybridized carbons (Fsp3) is 0.0625. The van der Waals surface area contributed by atoms with Gasteiger partial charge in [0.1, 0.15) is 5.82 Å². The molecule has 0 radical (unpaired) electrons. The lowest BCUT2D eigenvalue weighted by atomic mass is 10.2. The van der Waals surface area contributed by atoms with E-state index >= 15 is 0 Å². The average molecular weight is 346 g/mol. The first kappa shape index (κ1) is 16.0. The molecule has 5 nitrogen and oxygen atoms in total. The van der Waals surface area contributed by atoms with Crippen molar-refractivity contribution in [1.82, 2.24) is 14.9 Å². The first-order valence-electron chi connectivity index (χ1n) is 6.90. The van der Waals surface area contributed by atoms with Crippen LogP contribution in [0.2, 0.25) is 0 Å². The molecule has 0 atom stereocenters. The second-order valence-corrected chi connectivity index (χ2v) is 5.20. The van der Waals surface area contributed by atoms with Crippen LogP contribution in [0.25, 0.3) is 11.4 Å². The number of hydrogen-bond acceptors (Lipinski definition) is 4. The lowest BCUT2D eigenvalue weighted by molar-refractivity contribution is 0.386. The van der Waals surface area contributed by atoms with E-state index < -0.39 is 5.82 Å². The number of hydrogen-bond donors (Lipinski definition) is 1. The highest BCUT2D eigenvalue weighted by atomic mass is 32.1. The van der Waals surface area contributed by atoms with Gasteiger partial charge in [-0.1, -0.05) is 0 Å². The predicted molar refractivity (Wildman–Crippen MR) is 88.7 cm³/mol. The minimum absolute atomic E-state index is 0.152. The van der Waals surface area contributed by atoms with Crippen LogP contribution in [0.1, 0.15) is 5.56 Å². The van der Waals surface area contributed by atoms with E-state index in [2.05, 4.69) is 15.3 Å². The van der Waals surface area contributed by atoms with E-state index in [-0.39, 0.29) is 16.3 Å². The number of nitrogens with one attached hydrogen (secondary N) is 1. The second kappa shape index (κ2) is 6.71. The normalized spacial score (nSPS) is 11.1. The van der Waals surface area contributed by atoms with E-state index in [0.717, 1.165) is 0 Å². The van der Waals surface area contributed by atoms with Gasteiger partial charge in [-0.2, -0.15) is 14.9 Å². The Hall–Kier alpha value is -2.87. The maximum Gasteiger partial charge on any atom is 0.216 e. The van der Waals surface area contributed by atoms with E-state index in [1.54, 1.807) is 18.2 Å². The molecule has 0 bridgehead atoms. The van der Waals surface area contributed by atoms with Gasteiger partial charge in [0.15, 0.2) is 17.4 Å². The quantitative estimate of drug-likeness (QED) is 0.578. The van der Waals surface area contributed by atoms with Gasteiger partial charge in [-0.05, 0) is 60.2 Å². The molecule has 0 saturated heterocycles. The Morgan fingerprint density at radius 1 is 1.21 bits per heavy atom. The Balaban J connectivity index is 1.96. The van der Waals surface area contributed by atoms with E-state index in [1.807, 2.05) is 0 Å². The van der Waals surface area contributed by atoms with Crippen LogP contribution in [-0.4, -0.2) is 28.2 Å². The fourth-order valence-corrected chi connectivity index (χ4v) is 2.25. The Kier molecular flexibility index (Phi) is 4.48. The van der Waals surface area contributed by atoms with Crippen molar-refractivity contribution in [3.05, 3.63) is 64.4 Å². The molecule has 0 aliphatic carbocycles. The van der Waals surface area contributed by atoms with Gasteiger partial charge in [-0.15, -0.1) is 0 Å². The predicted octanol–water partition coefficient (Wildman–Crippen LogP) is 3.78. The zero-order valence-corrected chi connectivity index (χ0v) is 13.3. The molecular formula is C16H12F2N4OS. The van der Waals surface area contributed by atoms with E-state index in [1.165, 1.54) is 42.3 Å². The molecule has 1 aromatic heterocycles. The van der Waals surface area contributed by atoms with Crippen LogP contribution in [0, 0.1) is 16.4 Å². The fourth-order valence-electron chi connectivity index (χ4n) is 2.07. The third-order valence-corrected chi connectivity index (χ3v) is 3.52. The van der Waals surface area contributed by atoms with Gasteiger partial charge in [-0.25, -0.2) is 13.9 Å². The molecule has 0 fully saturated rings. The van der Waals surface area contributed by atoms with E-state index in [4.69, 9.17) is 17.0 Å². The first-order chi connectivity index (χ1) is 11.6. The number of halogens is 2. The van der Waals surface area contributed by atoms with Crippen molar-refractivity contribution in [2.75, 3.05) is 7.11 Å². The molecule has 3 aromatic rings. The van der Waals surface area contributed by atoms with Crippen LogP contribution in [0.5, 0.6) is 5.75 Å². The number of methoxy groups -OCH3 is 1. The van der Waals surface area contributed by atoms with E-state index in [9.17, 15) is 8.78 Å². The summed E-state index contributed by atoms with van der Waals surface area (Å²) in [6.45, 7) is 0. The Bertz CT molecular complexity index is 947. The molecule has 3 rings (SSSR count). The van der Waals surface area contributed by atoms with Crippen molar-refractivity contribution in [1.29, 1.82) is 0 Å². The summed E-state index contributed by atoms with van der Waals surface area (Å²) in [5.41, 5.74) is 1.17. The zero-order chi connectivity index (χ0) is 17.1. The maximum atomic E-state index is 13.7. The van der Waals surface area contributed by atoms with Crippen molar-refractivity contribution >= 4 is 18.4 Å². The standard InChI is InChI=1S/C16H12F2N4OS/c1-23-14-7-2-10(8-13(14)18)9-19-22-15(20-21-16(22)24)11-3-5-12(17)6-4-11/h2-9H,1H3,(H,21,24)/b19-9-. The number of benzene rings is 2. The summed E-state index contributed by atoms with van der Waals surface area (Å²) in [6.07, 6.45) is 1.45. The number of ether oxygens (including phenoxy) is 1. The first-order valence-corrected chi connectivity index (χ1v) is 7.30. The monoisotopic (exact) mass is 346 g/mol. The van der Waals surface area contributed by atoms with Crippen LogP contribution >= 0.6 is 12.2 Å². The molecule has 0 saturated carbocycles. The summed E-state index contributed by atoms with van der Waals surface area (Å²) in [5.74, 6) is -0.267. The molecular weight excluding hydrogens is 334 g/mol. The Morgan fingerprint density at radius 2 is 1.96 bits per heavy atom. The number of H-pyrrole nitrogens is 1. The highest BCUT2D eigenvalue weighted by molar-refractivity contribution is 7.71. The van der Waals surface area contributed by atoms with Gasteiger partial charge in [0.25, 0.3) is 0 Å². The number of aromatic amines is 1. The van der Waals surface area contributed by atoms with Crippen LogP contribution in [-0.2, 0) is 0 Å². The Morgan fingerprint density at radius 3 is 2.62 bits per heavy atom. The molecule has 122 valence electrons. The van der Waals surface area contributed by atoms with Crippen molar-refractivity contribution in [2.24, 2.45) is 5.10 Å². The van der Waals surface area contributed by atoms with Crippen molar-refractivity contribution in [2.45, 2.75) is 0 Å². The van der Waals surface area contributed by atoms with E-state index in [0.29, 0.717) is 17.0 Å². The van der Waals surface area contributed by atoms with Gasteiger partial charge >= 0.3 is 0 Å². The topological polar surface area (TPSA) is 55.2 Å². The lowest BCUT2D eigenvalue weighted by Gasteiger charge is -2.03. The summed E-state index contributed by atoms with van der Waals surface area (Å²) >= 11 is 5.14. The molecule has 24 heavy (non-hydrogen) atoms.